The Morgan fingerprint density at radius 2 is 1.87 bits per heavy atom. The fraction of sp³-hybridized carbons (Fsp3) is 0.467. The van der Waals surface area contributed by atoms with Crippen LogP contribution in [0.4, 0.5) is 4.79 Å². The minimum atomic E-state index is -3.21. The summed E-state index contributed by atoms with van der Waals surface area (Å²) in [6.45, 7) is 1.64. The zero-order valence-corrected chi connectivity index (χ0v) is 13.9. The zero-order valence-electron chi connectivity index (χ0n) is 13.1. The number of carboxylic acid groups (broad SMARTS) is 1. The molecule has 0 saturated heterocycles. The number of aliphatic carboxylic acids is 1. The summed E-state index contributed by atoms with van der Waals surface area (Å²) in [4.78, 5) is 22.9. The molecule has 0 saturated carbocycles. The average molecular weight is 343 g/mol. The van der Waals surface area contributed by atoms with E-state index in [1.54, 1.807) is 31.2 Å². The summed E-state index contributed by atoms with van der Waals surface area (Å²) >= 11 is 0. The van der Waals surface area contributed by atoms with Crippen molar-refractivity contribution in [2.24, 2.45) is 5.92 Å². The fourth-order valence-corrected chi connectivity index (χ4v) is 3.29. The van der Waals surface area contributed by atoms with Gasteiger partial charge in [0.25, 0.3) is 0 Å². The maximum atomic E-state index is 11.7. The molecule has 0 aromatic heterocycles. The van der Waals surface area contributed by atoms with E-state index in [2.05, 4.69) is 5.32 Å². The van der Waals surface area contributed by atoms with E-state index in [9.17, 15) is 18.0 Å². The number of amides is 1. The summed E-state index contributed by atoms with van der Waals surface area (Å²) in [5.41, 5.74) is 0.778. The van der Waals surface area contributed by atoms with Crippen molar-refractivity contribution < 1.29 is 27.9 Å². The van der Waals surface area contributed by atoms with Crippen LogP contribution in [0.2, 0.25) is 0 Å². The van der Waals surface area contributed by atoms with E-state index in [1.165, 1.54) is 0 Å². The predicted octanol–water partition coefficient (Wildman–Crippen LogP) is 1.44. The summed E-state index contributed by atoms with van der Waals surface area (Å²) < 4.78 is 27.4. The lowest BCUT2D eigenvalue weighted by Crippen LogP contribution is -2.42. The Balaban J connectivity index is 2.51. The molecule has 2 unspecified atom stereocenters. The van der Waals surface area contributed by atoms with Crippen molar-refractivity contribution in [3.8, 4) is 0 Å². The van der Waals surface area contributed by atoms with E-state index in [0.717, 1.165) is 11.8 Å². The van der Waals surface area contributed by atoms with Gasteiger partial charge in [-0.1, -0.05) is 37.3 Å². The lowest BCUT2D eigenvalue weighted by Gasteiger charge is -2.18. The van der Waals surface area contributed by atoms with Gasteiger partial charge < -0.3 is 15.2 Å². The monoisotopic (exact) mass is 343 g/mol. The molecule has 8 heteroatoms. The average Bonchev–Trinajstić information content (AvgIpc) is 2.43. The smallest absolute Gasteiger partial charge is 0.408 e. The molecule has 1 rings (SSSR count). The quantitative estimate of drug-likeness (QED) is 0.739. The normalized spacial score (nSPS) is 13.8. The number of rotatable bonds is 8. The van der Waals surface area contributed by atoms with Crippen molar-refractivity contribution in [2.45, 2.75) is 26.0 Å². The second-order valence-electron chi connectivity index (χ2n) is 5.53. The number of sulfone groups is 1. The van der Waals surface area contributed by atoms with Crippen LogP contribution >= 0.6 is 0 Å². The topological polar surface area (TPSA) is 110 Å². The Hall–Kier alpha value is -2.09. The third-order valence-electron chi connectivity index (χ3n) is 3.03. The van der Waals surface area contributed by atoms with E-state index in [4.69, 9.17) is 9.84 Å². The number of hydrogen-bond acceptors (Lipinski definition) is 5. The fourth-order valence-electron chi connectivity index (χ4n) is 2.12. The van der Waals surface area contributed by atoms with Crippen molar-refractivity contribution in [1.29, 1.82) is 0 Å². The van der Waals surface area contributed by atoms with Crippen LogP contribution in [0.15, 0.2) is 30.3 Å². The van der Waals surface area contributed by atoms with Gasteiger partial charge in [0.1, 0.15) is 22.5 Å². The molecule has 0 spiro atoms. The van der Waals surface area contributed by atoms with E-state index in [1.807, 2.05) is 6.07 Å². The van der Waals surface area contributed by atoms with Crippen LogP contribution in [0.5, 0.6) is 0 Å². The predicted molar refractivity (Wildman–Crippen MR) is 84.7 cm³/mol. The number of carbonyl (C=O) groups excluding carboxylic acids is 1. The van der Waals surface area contributed by atoms with Gasteiger partial charge in [0.15, 0.2) is 0 Å². The first-order valence-corrected chi connectivity index (χ1v) is 9.11. The highest BCUT2D eigenvalue weighted by Gasteiger charge is 2.24. The Morgan fingerprint density at radius 3 is 2.39 bits per heavy atom. The number of carboxylic acids is 1. The first-order chi connectivity index (χ1) is 10.7. The van der Waals surface area contributed by atoms with Crippen LogP contribution in [0.25, 0.3) is 0 Å². The number of benzene rings is 1. The maximum absolute atomic E-state index is 11.7. The minimum absolute atomic E-state index is 0.00282. The van der Waals surface area contributed by atoms with Crippen molar-refractivity contribution in [3.05, 3.63) is 35.9 Å². The molecule has 7 nitrogen and oxygen atoms in total. The molecule has 0 fully saturated rings. The maximum Gasteiger partial charge on any atom is 0.408 e. The van der Waals surface area contributed by atoms with Gasteiger partial charge in [0.05, 0.1) is 5.75 Å². The van der Waals surface area contributed by atoms with Crippen molar-refractivity contribution in [2.75, 3.05) is 12.0 Å². The summed E-state index contributed by atoms with van der Waals surface area (Å²) in [6.07, 6.45) is 0.233. The largest absolute Gasteiger partial charge is 0.480 e. The van der Waals surface area contributed by atoms with Crippen molar-refractivity contribution >= 4 is 21.9 Å². The van der Waals surface area contributed by atoms with Crippen LogP contribution in [-0.2, 0) is 26.0 Å². The Labute approximate surface area is 135 Å². The number of nitrogens with one attached hydrogen (secondary N) is 1. The number of alkyl carbamates (subject to hydrolysis) is 1. The van der Waals surface area contributed by atoms with Gasteiger partial charge in [-0.05, 0) is 17.9 Å². The molecular formula is C15H21NO6S. The lowest BCUT2D eigenvalue weighted by atomic mass is 10.0. The van der Waals surface area contributed by atoms with Gasteiger partial charge in [-0.3, -0.25) is 0 Å². The van der Waals surface area contributed by atoms with Crippen molar-refractivity contribution in [1.82, 2.24) is 5.32 Å². The molecule has 0 aliphatic heterocycles. The first-order valence-electron chi connectivity index (χ1n) is 7.05. The molecule has 1 aromatic carbocycles. The highest BCUT2D eigenvalue weighted by molar-refractivity contribution is 7.90. The lowest BCUT2D eigenvalue weighted by molar-refractivity contribution is -0.139. The molecule has 0 radical (unpaired) electrons. The molecule has 128 valence electrons. The first kappa shape index (κ1) is 19.0. The molecule has 1 amide bonds. The second kappa shape index (κ2) is 8.52. The molecule has 1 aromatic rings. The van der Waals surface area contributed by atoms with Gasteiger partial charge in [-0.15, -0.1) is 0 Å². The molecule has 0 aliphatic rings. The van der Waals surface area contributed by atoms with Crippen LogP contribution in [0, 0.1) is 5.92 Å². The molecule has 23 heavy (non-hydrogen) atoms. The number of ether oxygens (including phenoxy) is 1. The molecule has 0 aliphatic carbocycles. The van der Waals surface area contributed by atoms with Gasteiger partial charge in [-0.2, -0.15) is 0 Å². The summed E-state index contributed by atoms with van der Waals surface area (Å²) in [7, 11) is -3.21. The molecule has 2 N–H and O–H groups in total. The van der Waals surface area contributed by atoms with Gasteiger partial charge in [0.2, 0.25) is 0 Å². The Kier molecular flexibility index (Phi) is 7.02. The number of carbonyl (C=O) groups is 2. The van der Waals surface area contributed by atoms with Crippen LogP contribution in [-0.4, -0.2) is 43.6 Å². The van der Waals surface area contributed by atoms with Gasteiger partial charge in [-0.25, -0.2) is 18.0 Å². The molecule has 0 bridgehead atoms. The highest BCUT2D eigenvalue weighted by atomic mass is 32.2. The van der Waals surface area contributed by atoms with E-state index < -0.39 is 33.9 Å². The van der Waals surface area contributed by atoms with E-state index in [0.29, 0.717) is 0 Å². The van der Waals surface area contributed by atoms with Crippen LogP contribution in [0.1, 0.15) is 18.9 Å². The Morgan fingerprint density at radius 1 is 1.26 bits per heavy atom. The molecule has 0 heterocycles. The highest BCUT2D eigenvalue weighted by Crippen LogP contribution is 2.10. The van der Waals surface area contributed by atoms with E-state index >= 15 is 0 Å². The Bertz CT molecular complexity index is 629. The third-order valence-corrected chi connectivity index (χ3v) is 4.20. The third kappa shape index (κ3) is 8.20. The van der Waals surface area contributed by atoms with Gasteiger partial charge in [0, 0.05) is 6.26 Å². The standard InChI is InChI=1S/C15H21NO6S/c1-11(10-23(2,20)21)8-13(14(17)18)16-15(19)22-9-12-6-4-3-5-7-12/h3-7,11,13H,8-10H2,1-2H3,(H,16,19)(H,17,18). The molecule has 2 atom stereocenters. The number of hydrogen-bond donors (Lipinski definition) is 2. The minimum Gasteiger partial charge on any atom is -0.480 e. The van der Waals surface area contributed by atoms with Crippen LogP contribution < -0.4 is 5.32 Å². The zero-order chi connectivity index (χ0) is 17.5. The SMILES string of the molecule is CC(CC(NC(=O)OCc1ccccc1)C(=O)O)CS(C)(=O)=O. The molecular weight excluding hydrogens is 322 g/mol. The van der Waals surface area contributed by atoms with Crippen LogP contribution in [0.3, 0.4) is 0 Å². The second-order valence-corrected chi connectivity index (χ2v) is 7.72. The summed E-state index contributed by atoms with van der Waals surface area (Å²) in [5, 5.41) is 11.4. The summed E-state index contributed by atoms with van der Waals surface area (Å²) in [5.74, 6) is -1.78. The van der Waals surface area contributed by atoms with E-state index in [-0.39, 0.29) is 18.8 Å². The van der Waals surface area contributed by atoms with Crippen molar-refractivity contribution in [3.63, 3.8) is 0 Å². The van der Waals surface area contributed by atoms with Gasteiger partial charge >= 0.3 is 12.1 Å². The summed E-state index contributed by atoms with van der Waals surface area (Å²) in [6, 6.07) is 7.77.